The Kier molecular flexibility index (Phi) is 7.81. The molecule has 1 saturated heterocycles. The maximum atomic E-state index is 13.8. The average Bonchev–Trinajstić information content (AvgIpc) is 2.83. The van der Waals surface area contributed by atoms with Crippen LogP contribution in [0.1, 0.15) is 69.6 Å². The highest BCUT2D eigenvalue weighted by molar-refractivity contribution is 5.78. The first-order valence-electron chi connectivity index (χ1n) is 12.7. The standard InChI is InChI=1S/C28H39N5O/c1-6-11-25(32-17-19(3)30-20(4)18-32)27-31-24-15-14-22(16-23(24)28(34)33(27)7-2)26(29-5)21-12-9-8-10-13-21/h8-10,12-16,19-20,25-26,29-30H,6-7,11,17-18H2,1-5H3/t19-,20+,25-,26?/m1/s1. The summed E-state index contributed by atoms with van der Waals surface area (Å²) < 4.78 is 1.90. The molecule has 1 aromatic heterocycles. The Balaban J connectivity index is 1.80. The lowest BCUT2D eigenvalue weighted by molar-refractivity contribution is 0.109. The van der Waals surface area contributed by atoms with Crippen LogP contribution in [0, 0.1) is 0 Å². The molecule has 0 radical (unpaired) electrons. The molecular formula is C28H39N5O. The summed E-state index contributed by atoms with van der Waals surface area (Å²) >= 11 is 0. The van der Waals surface area contributed by atoms with E-state index in [-0.39, 0.29) is 17.6 Å². The van der Waals surface area contributed by atoms with Crippen molar-refractivity contribution in [2.75, 3.05) is 20.1 Å². The van der Waals surface area contributed by atoms with Crippen molar-refractivity contribution in [2.24, 2.45) is 0 Å². The predicted octanol–water partition coefficient (Wildman–Crippen LogP) is 4.25. The molecule has 6 nitrogen and oxygen atoms in total. The van der Waals surface area contributed by atoms with Gasteiger partial charge in [0.2, 0.25) is 0 Å². The van der Waals surface area contributed by atoms with Gasteiger partial charge in [-0.25, -0.2) is 4.98 Å². The lowest BCUT2D eigenvalue weighted by Gasteiger charge is -2.41. The van der Waals surface area contributed by atoms with Crippen LogP contribution in [0.2, 0.25) is 0 Å². The van der Waals surface area contributed by atoms with E-state index in [1.54, 1.807) is 0 Å². The third kappa shape index (κ3) is 4.95. The van der Waals surface area contributed by atoms with Gasteiger partial charge >= 0.3 is 0 Å². The van der Waals surface area contributed by atoms with Crippen LogP contribution in [0.25, 0.3) is 10.9 Å². The number of fused-ring (bicyclic) bond motifs is 1. The zero-order valence-electron chi connectivity index (χ0n) is 21.2. The van der Waals surface area contributed by atoms with Crippen molar-refractivity contribution in [1.82, 2.24) is 25.1 Å². The van der Waals surface area contributed by atoms with Crippen LogP contribution >= 0.6 is 0 Å². The molecule has 2 aromatic carbocycles. The molecule has 34 heavy (non-hydrogen) atoms. The maximum absolute atomic E-state index is 13.8. The average molecular weight is 462 g/mol. The molecule has 1 aliphatic heterocycles. The zero-order chi connectivity index (χ0) is 24.2. The lowest BCUT2D eigenvalue weighted by Crippen LogP contribution is -2.55. The van der Waals surface area contributed by atoms with Gasteiger partial charge < -0.3 is 10.6 Å². The molecule has 2 N–H and O–H groups in total. The van der Waals surface area contributed by atoms with Crippen molar-refractivity contribution in [3.63, 3.8) is 0 Å². The molecule has 1 aliphatic rings. The molecule has 4 rings (SSSR count). The summed E-state index contributed by atoms with van der Waals surface area (Å²) in [6.07, 6.45) is 2.04. The first-order valence-corrected chi connectivity index (χ1v) is 12.7. The third-order valence-corrected chi connectivity index (χ3v) is 6.97. The van der Waals surface area contributed by atoms with Crippen LogP contribution in [-0.4, -0.2) is 46.7 Å². The third-order valence-electron chi connectivity index (χ3n) is 6.97. The molecule has 2 heterocycles. The number of nitrogens with one attached hydrogen (secondary N) is 2. The van der Waals surface area contributed by atoms with Crippen LogP contribution in [0.4, 0.5) is 0 Å². The van der Waals surface area contributed by atoms with Gasteiger partial charge in [0.15, 0.2) is 0 Å². The van der Waals surface area contributed by atoms with Crippen LogP contribution < -0.4 is 16.2 Å². The predicted molar refractivity (Wildman–Crippen MR) is 140 cm³/mol. The SMILES string of the molecule is CCC[C@H](c1nc2ccc(C(NC)c3ccccc3)cc2c(=O)n1CC)N1C[C@@H](C)N[C@@H](C)C1. The summed E-state index contributed by atoms with van der Waals surface area (Å²) in [7, 11) is 1.96. The van der Waals surface area contributed by atoms with Gasteiger partial charge in [0.05, 0.1) is 23.0 Å². The Bertz CT molecular complexity index is 1150. The Morgan fingerprint density at radius 1 is 1.06 bits per heavy atom. The van der Waals surface area contributed by atoms with E-state index in [0.29, 0.717) is 24.0 Å². The molecule has 3 aromatic rings. The molecular weight excluding hydrogens is 422 g/mol. The molecule has 4 atom stereocenters. The lowest BCUT2D eigenvalue weighted by atomic mass is 9.97. The molecule has 0 saturated carbocycles. The number of aromatic nitrogens is 2. The van der Waals surface area contributed by atoms with Gasteiger partial charge in [0.1, 0.15) is 5.82 Å². The van der Waals surface area contributed by atoms with E-state index in [0.717, 1.165) is 42.8 Å². The normalized spacial score (nSPS) is 21.0. The van der Waals surface area contributed by atoms with Crippen molar-refractivity contribution in [1.29, 1.82) is 0 Å². The fraction of sp³-hybridized carbons (Fsp3) is 0.500. The molecule has 0 amide bonds. The van der Waals surface area contributed by atoms with Gasteiger partial charge in [0, 0.05) is 31.7 Å². The van der Waals surface area contributed by atoms with Gasteiger partial charge in [-0.1, -0.05) is 49.7 Å². The summed E-state index contributed by atoms with van der Waals surface area (Å²) in [6, 6.07) is 17.5. The summed E-state index contributed by atoms with van der Waals surface area (Å²) in [6.45, 7) is 11.3. The molecule has 182 valence electrons. The number of nitrogens with zero attached hydrogens (tertiary/aromatic N) is 3. The van der Waals surface area contributed by atoms with Crippen LogP contribution in [0.15, 0.2) is 53.3 Å². The molecule has 0 bridgehead atoms. The fourth-order valence-electron chi connectivity index (χ4n) is 5.54. The quantitative estimate of drug-likeness (QED) is 0.525. The molecule has 6 heteroatoms. The van der Waals surface area contributed by atoms with Crippen molar-refractivity contribution >= 4 is 10.9 Å². The Hall–Kier alpha value is -2.54. The fourth-order valence-corrected chi connectivity index (χ4v) is 5.54. The largest absolute Gasteiger partial charge is 0.309 e. The minimum atomic E-state index is 0.0245. The smallest absolute Gasteiger partial charge is 0.261 e. The molecule has 0 aliphatic carbocycles. The summed E-state index contributed by atoms with van der Waals surface area (Å²) in [5, 5.41) is 7.72. The Labute approximate surface area is 203 Å². The van der Waals surface area contributed by atoms with Gasteiger partial charge in [-0.2, -0.15) is 0 Å². The van der Waals surface area contributed by atoms with E-state index in [9.17, 15) is 4.79 Å². The first kappa shape index (κ1) is 24.6. The van der Waals surface area contributed by atoms with Crippen molar-refractivity contribution in [3.05, 3.63) is 75.8 Å². The molecule has 1 unspecified atom stereocenters. The number of piperazine rings is 1. The van der Waals surface area contributed by atoms with Crippen molar-refractivity contribution in [2.45, 2.75) is 71.2 Å². The van der Waals surface area contributed by atoms with Crippen LogP contribution in [-0.2, 0) is 6.54 Å². The highest BCUT2D eigenvalue weighted by Crippen LogP contribution is 2.29. The zero-order valence-corrected chi connectivity index (χ0v) is 21.2. The summed E-state index contributed by atoms with van der Waals surface area (Å²) in [4.78, 5) is 21.4. The topological polar surface area (TPSA) is 62.2 Å². The number of benzene rings is 2. The van der Waals surface area contributed by atoms with Gasteiger partial charge in [-0.3, -0.25) is 14.3 Å². The monoisotopic (exact) mass is 461 g/mol. The van der Waals surface area contributed by atoms with E-state index in [1.807, 2.05) is 41.9 Å². The van der Waals surface area contributed by atoms with Crippen molar-refractivity contribution in [3.8, 4) is 0 Å². The second-order valence-corrected chi connectivity index (χ2v) is 9.66. The van der Waals surface area contributed by atoms with Gasteiger partial charge in [-0.15, -0.1) is 0 Å². The minimum Gasteiger partial charge on any atom is -0.309 e. The van der Waals surface area contributed by atoms with Crippen molar-refractivity contribution < 1.29 is 0 Å². The maximum Gasteiger partial charge on any atom is 0.261 e. The van der Waals surface area contributed by atoms with Crippen LogP contribution in [0.3, 0.4) is 0 Å². The van der Waals surface area contributed by atoms with Gasteiger partial charge in [-0.05, 0) is 57.5 Å². The Morgan fingerprint density at radius 3 is 2.38 bits per heavy atom. The van der Waals surface area contributed by atoms with E-state index in [2.05, 4.69) is 61.4 Å². The highest BCUT2D eigenvalue weighted by Gasteiger charge is 2.30. The molecule has 1 fully saturated rings. The molecule has 0 spiro atoms. The van der Waals surface area contributed by atoms with E-state index in [4.69, 9.17) is 4.98 Å². The summed E-state index contributed by atoms with van der Waals surface area (Å²) in [5.41, 5.74) is 3.10. The number of rotatable bonds is 8. The van der Waals surface area contributed by atoms with E-state index < -0.39 is 0 Å². The van der Waals surface area contributed by atoms with Gasteiger partial charge in [0.25, 0.3) is 5.56 Å². The minimum absolute atomic E-state index is 0.0245. The number of hydrogen-bond acceptors (Lipinski definition) is 5. The van der Waals surface area contributed by atoms with E-state index >= 15 is 0 Å². The summed E-state index contributed by atoms with van der Waals surface area (Å²) in [5.74, 6) is 0.907. The van der Waals surface area contributed by atoms with Crippen LogP contribution in [0.5, 0.6) is 0 Å². The Morgan fingerprint density at radius 2 is 1.76 bits per heavy atom. The highest BCUT2D eigenvalue weighted by atomic mass is 16.1. The number of hydrogen-bond donors (Lipinski definition) is 2. The second-order valence-electron chi connectivity index (χ2n) is 9.66. The van der Waals surface area contributed by atoms with E-state index in [1.165, 1.54) is 5.56 Å². The second kappa shape index (κ2) is 10.8. The first-order chi connectivity index (χ1) is 16.5.